The van der Waals surface area contributed by atoms with Crippen molar-refractivity contribution in [3.8, 4) is 0 Å². The Kier molecular flexibility index (Phi) is 3.90. The molecule has 26 heavy (non-hydrogen) atoms. The van der Waals surface area contributed by atoms with Crippen LogP contribution in [0.1, 0.15) is 22.5 Å². The average Bonchev–Trinajstić information content (AvgIpc) is 2.90. The van der Waals surface area contributed by atoms with E-state index in [2.05, 4.69) is 5.32 Å². The largest absolute Gasteiger partial charge is 0.461 e. The van der Waals surface area contributed by atoms with Crippen molar-refractivity contribution in [2.45, 2.75) is 26.8 Å². The molecular weight excluding hydrogens is 338 g/mol. The van der Waals surface area contributed by atoms with Crippen molar-refractivity contribution in [2.24, 2.45) is 0 Å². The quantitative estimate of drug-likeness (QED) is 0.673. The zero-order valence-corrected chi connectivity index (χ0v) is 14.5. The van der Waals surface area contributed by atoms with Gasteiger partial charge in [-0.05, 0) is 67.3 Å². The molecule has 0 bridgehead atoms. The number of benzene rings is 2. The van der Waals surface area contributed by atoms with Crippen molar-refractivity contribution in [1.29, 1.82) is 0 Å². The van der Waals surface area contributed by atoms with E-state index in [0.29, 0.717) is 24.2 Å². The molecule has 1 N–H and O–H groups in total. The van der Waals surface area contributed by atoms with E-state index in [1.165, 1.54) is 12.1 Å². The second-order valence-electron chi connectivity index (χ2n) is 6.63. The fourth-order valence-electron chi connectivity index (χ4n) is 3.35. The minimum absolute atomic E-state index is 0.254. The molecule has 6 heteroatoms. The monoisotopic (exact) mass is 356 g/mol. The summed E-state index contributed by atoms with van der Waals surface area (Å²) in [5, 5.41) is 3.83. The summed E-state index contributed by atoms with van der Waals surface area (Å²) in [5.41, 5.74) is 3.88. The molecular formula is C20H18F2N2O2. The van der Waals surface area contributed by atoms with Crippen LogP contribution in [0.5, 0.6) is 0 Å². The summed E-state index contributed by atoms with van der Waals surface area (Å²) in [4.78, 5) is 14.2. The number of nitrogens with one attached hydrogen (secondary N) is 1. The summed E-state index contributed by atoms with van der Waals surface area (Å²) in [5.74, 6) is -0.881. The van der Waals surface area contributed by atoms with Crippen LogP contribution in [0.25, 0.3) is 11.0 Å². The number of rotatable bonds is 1. The molecule has 4 nitrogen and oxygen atoms in total. The van der Waals surface area contributed by atoms with Crippen LogP contribution in [0.15, 0.2) is 34.7 Å². The SMILES string of the molecule is Cc1oc2ccc(NC(=O)N3CCc4cc(F)c(F)cc4C3)cc2c1C. The maximum absolute atomic E-state index is 13.5. The van der Waals surface area contributed by atoms with Gasteiger partial charge in [-0.15, -0.1) is 0 Å². The molecule has 0 radical (unpaired) electrons. The van der Waals surface area contributed by atoms with Crippen molar-refractivity contribution >= 4 is 22.7 Å². The first kappa shape index (κ1) is 16.6. The van der Waals surface area contributed by atoms with Crippen LogP contribution in [-0.4, -0.2) is 17.5 Å². The van der Waals surface area contributed by atoms with E-state index in [9.17, 15) is 13.6 Å². The standard InChI is InChI=1S/C20H18F2N2O2/c1-11-12(2)26-19-4-3-15(9-16(11)19)23-20(25)24-6-5-13-7-17(21)18(22)8-14(13)10-24/h3-4,7-9H,5-6,10H2,1-2H3,(H,23,25). The highest BCUT2D eigenvalue weighted by Crippen LogP contribution is 2.28. The fourth-order valence-corrected chi connectivity index (χ4v) is 3.35. The number of aryl methyl sites for hydroxylation is 2. The number of fused-ring (bicyclic) bond motifs is 2. The topological polar surface area (TPSA) is 45.5 Å². The molecule has 0 saturated carbocycles. The van der Waals surface area contributed by atoms with Crippen molar-refractivity contribution in [3.05, 3.63) is 64.4 Å². The molecule has 1 aliphatic rings. The van der Waals surface area contributed by atoms with Crippen LogP contribution < -0.4 is 5.32 Å². The Morgan fingerprint density at radius 1 is 1.12 bits per heavy atom. The Hall–Kier alpha value is -2.89. The fraction of sp³-hybridized carbons (Fsp3) is 0.250. The minimum Gasteiger partial charge on any atom is -0.461 e. The van der Waals surface area contributed by atoms with Crippen LogP contribution in [-0.2, 0) is 13.0 Å². The van der Waals surface area contributed by atoms with E-state index in [0.717, 1.165) is 27.9 Å². The Bertz CT molecular complexity index is 1030. The van der Waals surface area contributed by atoms with Crippen molar-refractivity contribution < 1.29 is 18.0 Å². The number of hydrogen-bond acceptors (Lipinski definition) is 2. The van der Waals surface area contributed by atoms with Crippen molar-refractivity contribution in [2.75, 3.05) is 11.9 Å². The Morgan fingerprint density at radius 3 is 2.62 bits per heavy atom. The Morgan fingerprint density at radius 2 is 1.85 bits per heavy atom. The van der Waals surface area contributed by atoms with Crippen LogP contribution in [0.2, 0.25) is 0 Å². The first-order chi connectivity index (χ1) is 12.4. The Balaban J connectivity index is 1.53. The first-order valence-electron chi connectivity index (χ1n) is 8.45. The Labute approximate surface area is 149 Å². The van der Waals surface area contributed by atoms with Crippen LogP contribution >= 0.6 is 0 Å². The van der Waals surface area contributed by atoms with Crippen LogP contribution in [0.4, 0.5) is 19.3 Å². The highest BCUT2D eigenvalue weighted by atomic mass is 19.2. The van der Waals surface area contributed by atoms with Gasteiger partial charge < -0.3 is 14.6 Å². The first-order valence-corrected chi connectivity index (χ1v) is 8.45. The van der Waals surface area contributed by atoms with E-state index in [-0.39, 0.29) is 12.6 Å². The molecule has 2 heterocycles. The van der Waals surface area contributed by atoms with Gasteiger partial charge in [0.2, 0.25) is 0 Å². The van der Waals surface area contributed by atoms with Gasteiger partial charge in [0.25, 0.3) is 0 Å². The number of urea groups is 1. The molecule has 2 amide bonds. The lowest BCUT2D eigenvalue weighted by atomic mass is 9.99. The molecule has 2 aromatic carbocycles. The van der Waals surface area contributed by atoms with Crippen LogP contribution in [0.3, 0.4) is 0 Å². The van der Waals surface area contributed by atoms with Gasteiger partial charge >= 0.3 is 6.03 Å². The maximum Gasteiger partial charge on any atom is 0.322 e. The lowest BCUT2D eigenvalue weighted by molar-refractivity contribution is 0.206. The smallest absolute Gasteiger partial charge is 0.322 e. The van der Waals surface area contributed by atoms with Gasteiger partial charge in [-0.2, -0.15) is 0 Å². The van der Waals surface area contributed by atoms with Gasteiger partial charge in [-0.1, -0.05) is 0 Å². The van der Waals surface area contributed by atoms with Crippen molar-refractivity contribution in [3.63, 3.8) is 0 Å². The summed E-state index contributed by atoms with van der Waals surface area (Å²) in [6.07, 6.45) is 0.499. The van der Waals surface area contributed by atoms with Crippen molar-refractivity contribution in [1.82, 2.24) is 4.90 Å². The molecule has 1 aromatic heterocycles. The number of anilines is 1. The zero-order valence-electron chi connectivity index (χ0n) is 14.5. The molecule has 0 spiro atoms. The molecule has 1 aliphatic heterocycles. The normalized spacial score (nSPS) is 13.8. The lowest BCUT2D eigenvalue weighted by Gasteiger charge is -2.29. The third kappa shape index (κ3) is 2.81. The average molecular weight is 356 g/mol. The van der Waals surface area contributed by atoms with Gasteiger partial charge in [0.1, 0.15) is 11.3 Å². The number of hydrogen-bond donors (Lipinski definition) is 1. The predicted molar refractivity (Wildman–Crippen MR) is 95.2 cm³/mol. The van der Waals surface area contributed by atoms with Gasteiger partial charge in [-0.25, -0.2) is 13.6 Å². The molecule has 0 atom stereocenters. The van der Waals surface area contributed by atoms with E-state index in [4.69, 9.17) is 4.42 Å². The van der Waals surface area contributed by atoms with Crippen LogP contribution in [0, 0.1) is 25.5 Å². The number of carbonyl (C=O) groups excluding carboxylic acids is 1. The summed E-state index contributed by atoms with van der Waals surface area (Å²) in [6.45, 7) is 4.59. The lowest BCUT2D eigenvalue weighted by Crippen LogP contribution is -2.39. The van der Waals surface area contributed by atoms with E-state index in [1.807, 2.05) is 26.0 Å². The number of amides is 2. The number of carbonyl (C=O) groups is 1. The highest BCUT2D eigenvalue weighted by Gasteiger charge is 2.22. The summed E-state index contributed by atoms with van der Waals surface area (Å²) in [7, 11) is 0. The zero-order chi connectivity index (χ0) is 18.4. The molecule has 3 aromatic rings. The van der Waals surface area contributed by atoms with Gasteiger partial charge in [0, 0.05) is 24.2 Å². The molecule has 0 fully saturated rings. The molecule has 4 rings (SSSR count). The van der Waals surface area contributed by atoms with Gasteiger partial charge in [0.15, 0.2) is 11.6 Å². The molecule has 0 unspecified atom stereocenters. The molecule has 134 valence electrons. The molecule has 0 aliphatic carbocycles. The minimum atomic E-state index is -0.887. The second kappa shape index (κ2) is 6.12. The van der Waals surface area contributed by atoms with E-state index in [1.54, 1.807) is 11.0 Å². The second-order valence-corrected chi connectivity index (χ2v) is 6.63. The number of nitrogens with zero attached hydrogens (tertiary/aromatic N) is 1. The third-order valence-corrected chi connectivity index (χ3v) is 4.97. The number of halogens is 2. The summed E-state index contributed by atoms with van der Waals surface area (Å²) in [6, 6.07) is 7.62. The summed E-state index contributed by atoms with van der Waals surface area (Å²) < 4.78 is 32.4. The summed E-state index contributed by atoms with van der Waals surface area (Å²) >= 11 is 0. The van der Waals surface area contributed by atoms with Gasteiger partial charge in [0.05, 0.1) is 0 Å². The number of furan rings is 1. The highest BCUT2D eigenvalue weighted by molar-refractivity contribution is 5.93. The third-order valence-electron chi connectivity index (χ3n) is 4.97. The van der Waals surface area contributed by atoms with E-state index >= 15 is 0 Å². The maximum atomic E-state index is 13.5. The predicted octanol–water partition coefficient (Wildman–Crippen LogP) is 4.92. The molecule has 0 saturated heterocycles. The van der Waals surface area contributed by atoms with Gasteiger partial charge in [-0.3, -0.25) is 0 Å². The van der Waals surface area contributed by atoms with E-state index < -0.39 is 11.6 Å².